The summed E-state index contributed by atoms with van der Waals surface area (Å²) in [4.78, 5) is 10.5. The zero-order chi connectivity index (χ0) is 57.7. The molecule has 1 unspecified atom stereocenters. The molecule has 1 aliphatic carbocycles. The molecule has 458 valence electrons. The third kappa shape index (κ3) is 15.0. The predicted octanol–water partition coefficient (Wildman–Crippen LogP) is -12.8. The number of thiol groups is 1. The fraction of sp³-hybridized carbons (Fsp3) is 1.00. The van der Waals surface area contributed by atoms with Crippen LogP contribution in [0.25, 0.3) is 0 Å². The molecule has 6 fully saturated rings. The highest BCUT2D eigenvalue weighted by atomic mass is 32.1. The highest BCUT2D eigenvalue weighted by molar-refractivity contribution is 7.80. The van der Waals surface area contributed by atoms with Crippen LogP contribution >= 0.6 is 20.5 Å². The molecule has 0 aromatic rings. The van der Waals surface area contributed by atoms with E-state index in [1.807, 2.05) is 0 Å². The summed E-state index contributed by atoms with van der Waals surface area (Å²) in [6.07, 6.45) is -56.9. The number of aliphatic hydroxyl groups is 19. The number of unbranched alkanes of at least 4 members (excludes halogenated alkanes) is 3. The van der Waals surface area contributed by atoms with Gasteiger partial charge in [0, 0.05) is 0 Å². The summed E-state index contributed by atoms with van der Waals surface area (Å²) in [6.45, 7) is -5.09. The highest BCUT2D eigenvalue weighted by Crippen LogP contribution is 2.48. The molecule has 32 atom stereocenters. The van der Waals surface area contributed by atoms with Gasteiger partial charge in [0.15, 0.2) is 31.2 Å². The lowest BCUT2D eigenvalue weighted by Crippen LogP contribution is -2.79. The van der Waals surface area contributed by atoms with Crippen LogP contribution in [0.4, 0.5) is 0 Å². The summed E-state index contributed by atoms with van der Waals surface area (Å²) in [7, 11) is -5.09. The van der Waals surface area contributed by atoms with Gasteiger partial charge in [-0.2, -0.15) is 12.6 Å². The maximum atomic E-state index is 13.0. The van der Waals surface area contributed by atoms with Crippen molar-refractivity contribution < 1.29 is 169 Å². The van der Waals surface area contributed by atoms with Crippen molar-refractivity contribution in [3.05, 3.63) is 0 Å². The topological polar surface area (TPSA) is 560 Å². The van der Waals surface area contributed by atoms with E-state index in [9.17, 15) is 106 Å². The number of hydrogen-bond acceptors (Lipinski definition) is 33. The Bertz CT molecular complexity index is 1850. The van der Waals surface area contributed by atoms with Crippen LogP contribution in [0.1, 0.15) is 25.7 Å². The monoisotopic (exact) mass is 1190 g/mol. The Morgan fingerprint density at radius 3 is 1.32 bits per heavy atom. The van der Waals surface area contributed by atoms with Gasteiger partial charge >= 0.3 is 7.82 Å². The summed E-state index contributed by atoms with van der Waals surface area (Å²) < 4.78 is 80.4. The van der Waals surface area contributed by atoms with Crippen LogP contribution in [0.3, 0.4) is 0 Å². The summed E-state index contributed by atoms with van der Waals surface area (Å²) >= 11 is 4.12. The van der Waals surface area contributed by atoms with Gasteiger partial charge in [-0.15, -0.1) is 0 Å². The van der Waals surface area contributed by atoms with Crippen molar-refractivity contribution in [2.45, 2.75) is 216 Å². The molecule has 23 N–H and O–H groups in total. The maximum Gasteiger partial charge on any atom is 0.472 e. The second kappa shape index (κ2) is 29.4. The fourth-order valence-corrected chi connectivity index (χ4v) is 10.8. The molecule has 0 spiro atoms. The highest BCUT2D eigenvalue weighted by Gasteiger charge is 2.59. The SMILES string of the molecule is [NH3+][C@H]1[C@H](O[C@@H]2[C@@H](O)[C@H](O)[C@@H](O)[C@H](O)[C@@H]2OP(=O)(O)OCCCCCCS)O[C@@H](CO)[C@H](O[C@@H]2O[C@@H](CO[C@@H]3O[C@@H](CO)[C@H](O)[C@H](O)[C@@H]3O[C@@H]3O[C@@H](CO)[C@H](O)[C@H](O)[C@@H]3O[C@@H]3O[C@@H](CO)[C@H](O)[C@H](O)[C@@H]3O)[C@H](O)[C@H](O)[C@@H]2O)[C@@H]1O. The Kier molecular flexibility index (Phi) is 25.0. The molecule has 5 saturated heterocycles. The van der Waals surface area contributed by atoms with Gasteiger partial charge in [0.1, 0.15) is 153 Å². The number of phosphoric ester groups is 1. The van der Waals surface area contributed by atoms with E-state index in [-0.39, 0.29) is 6.61 Å². The average molecular weight is 1190 g/mol. The Hall–Kier alpha value is -0.740. The van der Waals surface area contributed by atoms with Crippen LogP contribution in [0.15, 0.2) is 0 Å². The van der Waals surface area contributed by atoms with Crippen LogP contribution in [0, 0.1) is 0 Å². The number of quaternary nitrogens is 1. The standard InChI is InChI=1S/C42H76NO33PS/c43-17-22(52)33(15(10-47)70-38(17)73-34-29(59)25(55)26(56)30(60)35(34)76-77(63,64)66-5-3-1-2-4-6-78)72-40-32(62)24(54)21(51)16(71-40)11-65-41-36(27(57)19(49)13(8-45)68-41)75-42-37(28(58)20(50)14(9-46)69-42)74-39-31(61)23(53)18(48)12(7-44)67-39/h12-42,44-62,78H,1-11,43H2,(H,63,64)/p+1/t12-,13-,14-,15-,16-,17+,18-,19-,20-,21-,22+,23-,24-,25+,26+,27-,28-,29-,30-,31-,32-,33-,34+,35-,36-,37-,38-,39-,40-,41+,42-/m0/s1. The van der Waals surface area contributed by atoms with E-state index >= 15 is 0 Å². The van der Waals surface area contributed by atoms with Gasteiger partial charge in [-0.3, -0.25) is 9.05 Å². The zero-order valence-electron chi connectivity index (χ0n) is 41.5. The average Bonchev–Trinajstić information content (AvgIpc) is 3.46. The molecule has 5 heterocycles. The molecule has 1 saturated carbocycles. The van der Waals surface area contributed by atoms with Gasteiger partial charge in [-0.05, 0) is 18.6 Å². The molecule has 0 amide bonds. The Labute approximate surface area is 449 Å². The van der Waals surface area contributed by atoms with Gasteiger partial charge in [-0.1, -0.05) is 12.8 Å². The van der Waals surface area contributed by atoms with Crippen molar-refractivity contribution >= 4 is 20.5 Å². The van der Waals surface area contributed by atoms with E-state index in [0.29, 0.717) is 18.6 Å². The smallest absolute Gasteiger partial charge is 0.394 e. The van der Waals surface area contributed by atoms with Gasteiger partial charge < -0.3 is 155 Å². The van der Waals surface area contributed by atoms with Crippen LogP contribution in [-0.2, 0) is 61.0 Å². The van der Waals surface area contributed by atoms with Gasteiger partial charge in [0.2, 0.25) is 6.29 Å². The maximum absolute atomic E-state index is 13.0. The molecule has 36 heteroatoms. The van der Waals surface area contributed by atoms with Crippen LogP contribution < -0.4 is 5.73 Å². The first-order valence-corrected chi connectivity index (χ1v) is 27.2. The first kappa shape index (κ1) is 66.4. The lowest BCUT2D eigenvalue weighted by atomic mass is 9.84. The molecule has 5 aliphatic heterocycles. The van der Waals surface area contributed by atoms with Gasteiger partial charge in [-0.25, -0.2) is 4.57 Å². The normalized spacial score (nSPS) is 49.3. The van der Waals surface area contributed by atoms with Crippen molar-refractivity contribution in [3.63, 3.8) is 0 Å². The number of hydrogen-bond donors (Lipinski definition) is 22. The third-order valence-electron chi connectivity index (χ3n) is 14.3. The molecule has 0 radical (unpaired) electrons. The Balaban J connectivity index is 1.15. The first-order valence-electron chi connectivity index (χ1n) is 25.1. The van der Waals surface area contributed by atoms with Gasteiger partial charge in [0.05, 0.1) is 39.6 Å². The van der Waals surface area contributed by atoms with E-state index in [4.69, 9.17) is 56.4 Å². The largest absolute Gasteiger partial charge is 0.472 e. The first-order chi connectivity index (χ1) is 36.9. The Morgan fingerprint density at radius 1 is 0.397 bits per heavy atom. The predicted molar refractivity (Wildman–Crippen MR) is 247 cm³/mol. The summed E-state index contributed by atoms with van der Waals surface area (Å²) in [5, 5.41) is 203. The lowest BCUT2D eigenvalue weighted by molar-refractivity contribution is -0.510. The molecular weight excluding hydrogens is 1110 g/mol. The van der Waals surface area contributed by atoms with E-state index in [1.54, 1.807) is 0 Å². The van der Waals surface area contributed by atoms with Crippen LogP contribution in [0.2, 0.25) is 0 Å². The molecule has 6 aliphatic rings. The molecule has 34 nitrogen and oxygen atoms in total. The number of aliphatic hydroxyl groups excluding tert-OH is 19. The van der Waals surface area contributed by atoms with Crippen molar-refractivity contribution in [2.75, 3.05) is 45.4 Å². The summed E-state index contributed by atoms with van der Waals surface area (Å²) in [5.41, 5.74) is 3.78. The minimum atomic E-state index is -5.09. The van der Waals surface area contributed by atoms with E-state index in [0.717, 1.165) is 12.8 Å². The molecular formula is C42H77NO33PS+. The number of phosphoric acid groups is 1. The second-order valence-corrected chi connectivity index (χ2v) is 21.6. The second-order valence-electron chi connectivity index (χ2n) is 19.7. The molecule has 6 rings (SSSR count). The van der Waals surface area contributed by atoms with Crippen molar-refractivity contribution in [3.8, 4) is 0 Å². The molecule has 0 aromatic heterocycles. The minimum absolute atomic E-state index is 0.282. The molecule has 78 heavy (non-hydrogen) atoms. The Morgan fingerprint density at radius 2 is 0.782 bits per heavy atom. The zero-order valence-corrected chi connectivity index (χ0v) is 43.3. The van der Waals surface area contributed by atoms with Crippen molar-refractivity contribution in [1.29, 1.82) is 0 Å². The number of rotatable bonds is 24. The summed E-state index contributed by atoms with van der Waals surface area (Å²) in [5.74, 6) is 0.624. The van der Waals surface area contributed by atoms with Crippen molar-refractivity contribution in [2.24, 2.45) is 0 Å². The van der Waals surface area contributed by atoms with Crippen LogP contribution in [0.5, 0.6) is 0 Å². The number of ether oxygens (including phenoxy) is 10. The van der Waals surface area contributed by atoms with Crippen molar-refractivity contribution in [1.82, 2.24) is 0 Å². The molecule has 0 aromatic carbocycles. The van der Waals surface area contributed by atoms with Crippen LogP contribution in [-0.4, -0.2) is 337 Å². The van der Waals surface area contributed by atoms with E-state index < -0.39 is 231 Å². The third-order valence-corrected chi connectivity index (χ3v) is 15.7. The van der Waals surface area contributed by atoms with E-state index in [2.05, 4.69) is 18.4 Å². The van der Waals surface area contributed by atoms with Gasteiger partial charge in [0.25, 0.3) is 0 Å². The van der Waals surface area contributed by atoms with E-state index in [1.165, 1.54) is 0 Å². The lowest BCUT2D eigenvalue weighted by Gasteiger charge is -2.49. The molecule has 0 bridgehead atoms. The fourth-order valence-electron chi connectivity index (χ4n) is 9.62. The minimum Gasteiger partial charge on any atom is -0.394 e. The quantitative estimate of drug-likeness (QED) is 0.0242. The summed E-state index contributed by atoms with van der Waals surface area (Å²) in [6, 6.07) is -1.56.